The van der Waals surface area contributed by atoms with Crippen molar-refractivity contribution in [2.24, 2.45) is 0 Å². The van der Waals surface area contributed by atoms with Gasteiger partial charge in [-0.25, -0.2) is 0 Å². The van der Waals surface area contributed by atoms with Gasteiger partial charge < -0.3 is 24.3 Å². The molecule has 0 bridgehead atoms. The van der Waals surface area contributed by atoms with Gasteiger partial charge in [-0.1, -0.05) is 6.92 Å². The Morgan fingerprint density at radius 3 is 2.62 bits per heavy atom. The van der Waals surface area contributed by atoms with E-state index in [-0.39, 0.29) is 19.8 Å². The normalized spacial score (nSPS) is 44.1. The highest BCUT2D eigenvalue weighted by Crippen LogP contribution is 2.32. The fraction of sp³-hybridized carbons (Fsp3) is 1.00. The van der Waals surface area contributed by atoms with Gasteiger partial charge in [-0.05, 0) is 6.32 Å². The second-order valence-electron chi connectivity index (χ2n) is 3.29. The molecule has 4 atom stereocenters. The second kappa shape index (κ2) is 3.55. The van der Waals surface area contributed by atoms with Gasteiger partial charge in [0.05, 0.1) is 6.61 Å². The molecule has 74 valence electrons. The molecule has 2 N–H and O–H groups in total. The van der Waals surface area contributed by atoms with Gasteiger partial charge >= 0.3 is 7.12 Å². The fourth-order valence-electron chi connectivity index (χ4n) is 1.74. The minimum absolute atomic E-state index is 0.155. The van der Waals surface area contributed by atoms with E-state index >= 15 is 0 Å². The molecule has 0 spiro atoms. The molecule has 13 heavy (non-hydrogen) atoms. The summed E-state index contributed by atoms with van der Waals surface area (Å²) >= 11 is 0. The van der Waals surface area contributed by atoms with Crippen molar-refractivity contribution in [2.75, 3.05) is 6.61 Å². The third kappa shape index (κ3) is 1.49. The Morgan fingerprint density at radius 1 is 1.31 bits per heavy atom. The highest BCUT2D eigenvalue weighted by atomic mass is 16.7. The van der Waals surface area contributed by atoms with Crippen LogP contribution >= 0.6 is 0 Å². The highest BCUT2D eigenvalue weighted by molar-refractivity contribution is 6.45. The molecule has 0 aromatic rings. The maximum absolute atomic E-state index is 9.38. The third-order valence-corrected chi connectivity index (χ3v) is 2.42. The number of hydrogen-bond acceptors (Lipinski definition) is 5. The number of fused-ring (bicyclic) bond motifs is 1. The quantitative estimate of drug-likeness (QED) is 0.543. The van der Waals surface area contributed by atoms with Crippen molar-refractivity contribution >= 4 is 7.12 Å². The maximum atomic E-state index is 9.38. The monoisotopic (exact) mass is 188 g/mol. The van der Waals surface area contributed by atoms with E-state index in [9.17, 15) is 5.11 Å². The first-order valence-electron chi connectivity index (χ1n) is 4.51. The summed E-state index contributed by atoms with van der Waals surface area (Å²) in [7, 11) is -0.275. The SMILES string of the molecule is CCB1O[C@@H]2[C@H](O1)[C@@H](O)O[C@@H]2CO. The first-order valence-corrected chi connectivity index (χ1v) is 4.51. The Hall–Kier alpha value is -0.135. The zero-order valence-corrected chi connectivity index (χ0v) is 7.42. The topological polar surface area (TPSA) is 68.2 Å². The van der Waals surface area contributed by atoms with Gasteiger partial charge in [0.1, 0.15) is 18.3 Å². The smallest absolute Gasteiger partial charge is 0.403 e. The van der Waals surface area contributed by atoms with Crippen LogP contribution in [0.4, 0.5) is 0 Å². The number of hydrogen-bond donors (Lipinski definition) is 2. The summed E-state index contributed by atoms with van der Waals surface area (Å²) in [4.78, 5) is 0. The number of rotatable bonds is 2. The fourth-order valence-corrected chi connectivity index (χ4v) is 1.74. The van der Waals surface area contributed by atoms with Crippen LogP contribution in [0.3, 0.4) is 0 Å². The van der Waals surface area contributed by atoms with Crippen molar-refractivity contribution in [3.05, 3.63) is 0 Å². The van der Waals surface area contributed by atoms with Crippen LogP contribution in [0.2, 0.25) is 6.32 Å². The molecule has 0 radical (unpaired) electrons. The van der Waals surface area contributed by atoms with Crippen LogP contribution in [-0.4, -0.2) is 48.5 Å². The van der Waals surface area contributed by atoms with Gasteiger partial charge in [-0.15, -0.1) is 0 Å². The van der Waals surface area contributed by atoms with Crippen molar-refractivity contribution in [1.82, 2.24) is 0 Å². The molecule has 2 rings (SSSR count). The number of ether oxygens (including phenoxy) is 1. The van der Waals surface area contributed by atoms with Crippen LogP contribution in [0.15, 0.2) is 0 Å². The molecule has 2 aliphatic rings. The van der Waals surface area contributed by atoms with Crippen LogP contribution in [-0.2, 0) is 14.0 Å². The molecule has 0 amide bonds. The molecular formula is C7H13BO5. The Bertz CT molecular complexity index is 190. The highest BCUT2D eigenvalue weighted by Gasteiger charge is 2.52. The van der Waals surface area contributed by atoms with Gasteiger partial charge in [0.25, 0.3) is 0 Å². The van der Waals surface area contributed by atoms with Crippen LogP contribution in [0.5, 0.6) is 0 Å². The van der Waals surface area contributed by atoms with E-state index in [4.69, 9.17) is 19.2 Å². The molecule has 2 aliphatic heterocycles. The predicted octanol–water partition coefficient (Wildman–Crippen LogP) is -1.01. The third-order valence-electron chi connectivity index (χ3n) is 2.42. The van der Waals surface area contributed by atoms with Gasteiger partial charge in [-0.2, -0.15) is 0 Å². The summed E-state index contributed by atoms with van der Waals surface area (Å²) in [6, 6.07) is 0. The first kappa shape index (κ1) is 9.42. The zero-order valence-electron chi connectivity index (χ0n) is 7.42. The standard InChI is InChI=1S/C7H13BO5/c1-2-8-12-5-4(3-9)11-7(10)6(5)13-8/h4-7,9-10H,2-3H2,1H3/t4-,5+,6+,7+/m1/s1. The molecule has 0 aromatic carbocycles. The summed E-state index contributed by atoms with van der Waals surface area (Å²) in [5, 5.41) is 18.3. The Labute approximate surface area is 76.7 Å². The summed E-state index contributed by atoms with van der Waals surface area (Å²) in [5.74, 6) is 0. The molecule has 2 fully saturated rings. The summed E-state index contributed by atoms with van der Waals surface area (Å²) in [6.45, 7) is 1.78. The maximum Gasteiger partial charge on any atom is 0.457 e. The predicted molar refractivity (Wildman–Crippen MR) is 43.9 cm³/mol. The molecule has 5 nitrogen and oxygen atoms in total. The lowest BCUT2D eigenvalue weighted by Gasteiger charge is -2.13. The van der Waals surface area contributed by atoms with E-state index in [1.165, 1.54) is 0 Å². The molecule has 0 unspecified atom stereocenters. The lowest BCUT2D eigenvalue weighted by molar-refractivity contribution is -0.132. The van der Waals surface area contributed by atoms with E-state index in [1.54, 1.807) is 0 Å². The van der Waals surface area contributed by atoms with E-state index in [1.807, 2.05) is 6.92 Å². The molecule has 0 aromatic heterocycles. The Balaban J connectivity index is 2.03. The van der Waals surface area contributed by atoms with Crippen molar-refractivity contribution in [3.63, 3.8) is 0 Å². The van der Waals surface area contributed by atoms with Crippen molar-refractivity contribution in [2.45, 2.75) is 37.8 Å². The molecule has 0 aliphatic carbocycles. The minimum Gasteiger partial charge on any atom is -0.403 e. The van der Waals surface area contributed by atoms with Crippen molar-refractivity contribution in [3.8, 4) is 0 Å². The van der Waals surface area contributed by atoms with Crippen LogP contribution < -0.4 is 0 Å². The van der Waals surface area contributed by atoms with E-state index in [0.717, 1.165) is 6.32 Å². The van der Waals surface area contributed by atoms with Gasteiger partial charge in [0.2, 0.25) is 0 Å². The van der Waals surface area contributed by atoms with E-state index < -0.39 is 18.5 Å². The van der Waals surface area contributed by atoms with Crippen molar-refractivity contribution < 1.29 is 24.3 Å². The summed E-state index contributed by atoms with van der Waals surface area (Å²) < 4.78 is 15.8. The largest absolute Gasteiger partial charge is 0.457 e. The second-order valence-corrected chi connectivity index (χ2v) is 3.29. The summed E-state index contributed by atoms with van der Waals surface area (Å²) in [6.07, 6.45) is -1.47. The average molecular weight is 188 g/mol. The van der Waals surface area contributed by atoms with Crippen LogP contribution in [0.25, 0.3) is 0 Å². The van der Waals surface area contributed by atoms with Gasteiger partial charge in [0, 0.05) is 0 Å². The molecule has 2 saturated heterocycles. The van der Waals surface area contributed by atoms with Crippen LogP contribution in [0.1, 0.15) is 6.92 Å². The molecule has 0 saturated carbocycles. The molecule has 6 heteroatoms. The summed E-state index contributed by atoms with van der Waals surface area (Å²) in [5.41, 5.74) is 0. The lowest BCUT2D eigenvalue weighted by atomic mass is 9.87. The molecular weight excluding hydrogens is 175 g/mol. The van der Waals surface area contributed by atoms with E-state index in [0.29, 0.717) is 0 Å². The van der Waals surface area contributed by atoms with E-state index in [2.05, 4.69) is 0 Å². The number of aliphatic hydroxyl groups excluding tert-OH is 2. The first-order chi connectivity index (χ1) is 6.26. The number of aliphatic hydroxyl groups is 2. The average Bonchev–Trinajstić information content (AvgIpc) is 2.66. The zero-order chi connectivity index (χ0) is 9.42. The Kier molecular flexibility index (Phi) is 2.57. The van der Waals surface area contributed by atoms with Crippen molar-refractivity contribution in [1.29, 1.82) is 0 Å². The Morgan fingerprint density at radius 2 is 2.00 bits per heavy atom. The minimum atomic E-state index is -0.973. The lowest BCUT2D eigenvalue weighted by Crippen LogP contribution is -2.31. The van der Waals surface area contributed by atoms with Gasteiger partial charge in [-0.3, -0.25) is 0 Å². The van der Waals surface area contributed by atoms with Gasteiger partial charge in [0.15, 0.2) is 6.29 Å². The van der Waals surface area contributed by atoms with Crippen LogP contribution in [0, 0.1) is 0 Å². The molecule has 2 heterocycles.